The molecular weight excluding hydrogens is 188 g/mol. The van der Waals surface area contributed by atoms with E-state index < -0.39 is 0 Å². The predicted octanol–water partition coefficient (Wildman–Crippen LogP) is 1.58. The molecule has 1 aromatic rings. The Labute approximate surface area is 91.3 Å². The van der Waals surface area contributed by atoms with E-state index in [-0.39, 0.29) is 6.04 Å². The van der Waals surface area contributed by atoms with Gasteiger partial charge in [0.05, 0.1) is 0 Å². The van der Waals surface area contributed by atoms with Gasteiger partial charge in [0.15, 0.2) is 0 Å². The number of aromatic nitrogens is 2. The van der Waals surface area contributed by atoms with E-state index in [1.807, 2.05) is 6.07 Å². The summed E-state index contributed by atoms with van der Waals surface area (Å²) in [5.41, 5.74) is 6.90. The van der Waals surface area contributed by atoms with Gasteiger partial charge >= 0.3 is 0 Å². The molecule has 0 aliphatic heterocycles. The molecule has 0 bridgehead atoms. The van der Waals surface area contributed by atoms with Crippen molar-refractivity contribution in [2.75, 3.05) is 11.9 Å². The molecule has 0 fully saturated rings. The largest absolute Gasteiger partial charge is 0.368 e. The van der Waals surface area contributed by atoms with Gasteiger partial charge in [0.1, 0.15) is 12.1 Å². The summed E-state index contributed by atoms with van der Waals surface area (Å²) in [5.74, 6) is 0.873. The Kier molecular flexibility index (Phi) is 5.04. The van der Waals surface area contributed by atoms with Gasteiger partial charge in [-0.15, -0.1) is 0 Å². The normalized spacial score (nSPS) is 12.5. The summed E-state index contributed by atoms with van der Waals surface area (Å²) in [6, 6.07) is 2.18. The van der Waals surface area contributed by atoms with Crippen molar-refractivity contribution >= 4 is 5.82 Å². The van der Waals surface area contributed by atoms with Gasteiger partial charge in [-0.2, -0.15) is 0 Å². The topological polar surface area (TPSA) is 63.8 Å². The van der Waals surface area contributed by atoms with Crippen LogP contribution in [-0.2, 0) is 6.42 Å². The first-order valence-corrected chi connectivity index (χ1v) is 5.56. The third-order valence-corrected chi connectivity index (χ3v) is 2.30. The Bertz CT molecular complexity index is 288. The smallest absolute Gasteiger partial charge is 0.129 e. The van der Waals surface area contributed by atoms with E-state index in [0.717, 1.165) is 37.3 Å². The maximum Gasteiger partial charge on any atom is 0.129 e. The van der Waals surface area contributed by atoms with E-state index in [4.69, 9.17) is 5.73 Å². The van der Waals surface area contributed by atoms with Gasteiger partial charge in [0, 0.05) is 24.3 Å². The lowest BCUT2D eigenvalue weighted by molar-refractivity contribution is 0.677. The Morgan fingerprint density at radius 2 is 2.20 bits per heavy atom. The van der Waals surface area contributed by atoms with Gasteiger partial charge in [-0.25, -0.2) is 9.97 Å². The van der Waals surface area contributed by atoms with E-state index in [2.05, 4.69) is 29.1 Å². The monoisotopic (exact) mass is 208 g/mol. The summed E-state index contributed by atoms with van der Waals surface area (Å²) in [6.07, 6.45) is 4.67. The molecule has 0 spiro atoms. The molecule has 15 heavy (non-hydrogen) atoms. The molecule has 0 aromatic carbocycles. The second-order valence-electron chi connectivity index (χ2n) is 3.69. The number of nitrogens with one attached hydrogen (secondary N) is 1. The summed E-state index contributed by atoms with van der Waals surface area (Å²) in [7, 11) is 0. The highest BCUT2D eigenvalue weighted by atomic mass is 15.0. The molecule has 84 valence electrons. The second-order valence-corrected chi connectivity index (χ2v) is 3.69. The number of nitrogens with zero attached hydrogens (tertiary/aromatic N) is 2. The minimum atomic E-state index is 0.189. The second kappa shape index (κ2) is 6.35. The van der Waals surface area contributed by atoms with Crippen molar-refractivity contribution in [1.29, 1.82) is 0 Å². The lowest BCUT2D eigenvalue weighted by atomic mass is 10.2. The maximum atomic E-state index is 5.81. The standard InChI is InChI=1S/C11H20N4/c1-3-5-10-6-11(15-8-14-10)13-7-9(12)4-2/h6,8-9H,3-5,7,12H2,1-2H3,(H,13,14,15). The molecule has 4 nitrogen and oxygen atoms in total. The first-order chi connectivity index (χ1) is 7.26. The minimum absolute atomic E-state index is 0.189. The minimum Gasteiger partial charge on any atom is -0.368 e. The van der Waals surface area contributed by atoms with Gasteiger partial charge in [0.2, 0.25) is 0 Å². The van der Waals surface area contributed by atoms with Gasteiger partial charge in [-0.1, -0.05) is 20.3 Å². The zero-order valence-electron chi connectivity index (χ0n) is 9.53. The third kappa shape index (κ3) is 4.25. The highest BCUT2D eigenvalue weighted by Crippen LogP contribution is 2.05. The van der Waals surface area contributed by atoms with Crippen LogP contribution < -0.4 is 11.1 Å². The maximum absolute atomic E-state index is 5.81. The van der Waals surface area contributed by atoms with Crippen LogP contribution in [0.3, 0.4) is 0 Å². The van der Waals surface area contributed by atoms with Crippen LogP contribution in [0.5, 0.6) is 0 Å². The van der Waals surface area contributed by atoms with E-state index in [1.165, 1.54) is 0 Å². The van der Waals surface area contributed by atoms with Crippen LogP contribution in [0.1, 0.15) is 32.4 Å². The Hall–Kier alpha value is -1.16. The number of anilines is 1. The van der Waals surface area contributed by atoms with Gasteiger partial charge in [-0.05, 0) is 12.8 Å². The molecular formula is C11H20N4. The molecule has 0 saturated carbocycles. The summed E-state index contributed by atoms with van der Waals surface area (Å²) in [6.45, 7) is 4.98. The summed E-state index contributed by atoms with van der Waals surface area (Å²) in [5, 5.41) is 3.22. The molecule has 0 aliphatic carbocycles. The van der Waals surface area contributed by atoms with Crippen molar-refractivity contribution in [3.8, 4) is 0 Å². The summed E-state index contributed by atoms with van der Waals surface area (Å²) in [4.78, 5) is 8.34. The van der Waals surface area contributed by atoms with Gasteiger partial charge in [-0.3, -0.25) is 0 Å². The number of hydrogen-bond donors (Lipinski definition) is 2. The van der Waals surface area contributed by atoms with E-state index in [9.17, 15) is 0 Å². The first kappa shape index (κ1) is 11.9. The Morgan fingerprint density at radius 3 is 2.87 bits per heavy atom. The molecule has 3 N–H and O–H groups in total. The van der Waals surface area contributed by atoms with E-state index in [0.29, 0.717) is 0 Å². The SMILES string of the molecule is CCCc1cc(NCC(N)CC)ncn1. The van der Waals surface area contributed by atoms with Crippen molar-refractivity contribution in [1.82, 2.24) is 9.97 Å². The molecule has 1 unspecified atom stereocenters. The van der Waals surface area contributed by atoms with Crippen LogP contribution >= 0.6 is 0 Å². The van der Waals surface area contributed by atoms with Crippen LogP contribution in [0.15, 0.2) is 12.4 Å². The van der Waals surface area contributed by atoms with Crippen molar-refractivity contribution < 1.29 is 0 Å². The molecule has 1 atom stereocenters. The van der Waals surface area contributed by atoms with Crippen LogP contribution in [0, 0.1) is 0 Å². The quantitative estimate of drug-likeness (QED) is 0.745. The molecule has 1 rings (SSSR count). The first-order valence-electron chi connectivity index (χ1n) is 5.56. The average molecular weight is 208 g/mol. The van der Waals surface area contributed by atoms with Crippen LogP contribution in [0.4, 0.5) is 5.82 Å². The fraction of sp³-hybridized carbons (Fsp3) is 0.636. The summed E-state index contributed by atoms with van der Waals surface area (Å²) < 4.78 is 0. The number of nitrogens with two attached hydrogens (primary N) is 1. The molecule has 0 saturated heterocycles. The number of rotatable bonds is 6. The fourth-order valence-electron chi connectivity index (χ4n) is 1.27. The van der Waals surface area contributed by atoms with Crippen LogP contribution in [0.2, 0.25) is 0 Å². The molecule has 0 amide bonds. The average Bonchev–Trinajstić information content (AvgIpc) is 2.27. The predicted molar refractivity (Wildman–Crippen MR) is 62.8 cm³/mol. The zero-order valence-corrected chi connectivity index (χ0v) is 9.53. The lowest BCUT2D eigenvalue weighted by Gasteiger charge is -2.10. The summed E-state index contributed by atoms with van der Waals surface area (Å²) >= 11 is 0. The molecule has 0 radical (unpaired) electrons. The fourth-order valence-corrected chi connectivity index (χ4v) is 1.27. The van der Waals surface area contributed by atoms with Gasteiger partial charge < -0.3 is 11.1 Å². The number of hydrogen-bond acceptors (Lipinski definition) is 4. The van der Waals surface area contributed by atoms with Crippen molar-refractivity contribution in [2.45, 2.75) is 39.2 Å². The van der Waals surface area contributed by atoms with Crippen LogP contribution in [0.25, 0.3) is 0 Å². The van der Waals surface area contributed by atoms with E-state index >= 15 is 0 Å². The van der Waals surface area contributed by atoms with Crippen molar-refractivity contribution in [3.05, 3.63) is 18.1 Å². The molecule has 4 heteroatoms. The van der Waals surface area contributed by atoms with E-state index in [1.54, 1.807) is 6.33 Å². The highest BCUT2D eigenvalue weighted by molar-refractivity contribution is 5.34. The lowest BCUT2D eigenvalue weighted by Crippen LogP contribution is -2.28. The number of aryl methyl sites for hydroxylation is 1. The molecule has 0 aliphatic rings. The Morgan fingerprint density at radius 1 is 1.40 bits per heavy atom. The molecule has 1 aromatic heterocycles. The zero-order chi connectivity index (χ0) is 11.1. The highest BCUT2D eigenvalue weighted by Gasteiger charge is 2.01. The third-order valence-electron chi connectivity index (χ3n) is 2.30. The van der Waals surface area contributed by atoms with Crippen molar-refractivity contribution in [2.24, 2.45) is 5.73 Å². The van der Waals surface area contributed by atoms with Crippen molar-refractivity contribution in [3.63, 3.8) is 0 Å². The Balaban J connectivity index is 2.50. The van der Waals surface area contributed by atoms with Crippen LogP contribution in [-0.4, -0.2) is 22.6 Å². The van der Waals surface area contributed by atoms with Gasteiger partial charge in [0.25, 0.3) is 0 Å². The molecule has 1 heterocycles.